The van der Waals surface area contributed by atoms with E-state index < -0.39 is 0 Å². The molecule has 4 heteroatoms. The van der Waals surface area contributed by atoms with E-state index in [2.05, 4.69) is 19.1 Å². The van der Waals surface area contributed by atoms with Crippen LogP contribution in [0.5, 0.6) is 5.75 Å². The summed E-state index contributed by atoms with van der Waals surface area (Å²) in [7, 11) is 1.65. The number of carbonyl (C=O) groups excluding carboxylic acids is 1. The molecule has 2 atom stereocenters. The highest BCUT2D eigenvalue weighted by atomic mass is 32.2. The lowest BCUT2D eigenvalue weighted by Gasteiger charge is -2.38. The Kier molecular flexibility index (Phi) is 3.98. The number of hydrogen-bond donors (Lipinski definition) is 0. The first kappa shape index (κ1) is 15.1. The van der Waals surface area contributed by atoms with Crippen molar-refractivity contribution in [1.29, 1.82) is 0 Å². The average molecular weight is 314 g/mol. The largest absolute Gasteiger partial charge is 0.491 e. The van der Waals surface area contributed by atoms with Crippen LogP contribution in [0.1, 0.15) is 25.3 Å². The van der Waals surface area contributed by atoms with E-state index in [1.165, 1.54) is 4.90 Å². The number of carbonyl (C=O) groups is 1. The van der Waals surface area contributed by atoms with E-state index in [0.717, 1.165) is 17.0 Å². The number of methoxy groups -OCH3 is 1. The average Bonchev–Trinajstić information content (AvgIpc) is 2.58. The van der Waals surface area contributed by atoms with Crippen LogP contribution in [-0.2, 0) is 4.79 Å². The number of hydrogen-bond acceptors (Lipinski definition) is 3. The van der Waals surface area contributed by atoms with Crippen molar-refractivity contribution in [3.8, 4) is 5.75 Å². The van der Waals surface area contributed by atoms with Crippen LogP contribution in [-0.4, -0.2) is 19.6 Å². The zero-order valence-electron chi connectivity index (χ0n) is 13.1. The molecule has 0 saturated carbocycles. The summed E-state index contributed by atoms with van der Waals surface area (Å²) in [4.78, 5) is 14.4. The van der Waals surface area contributed by atoms with Crippen LogP contribution in [0.15, 0.2) is 53.4 Å². The highest BCUT2D eigenvalue weighted by molar-refractivity contribution is 7.99. The molecule has 2 aromatic carbocycles. The SMILES string of the molecule is CC[N+]1(c2ccccc2OC)Sc2ccccc2C(C)C1=O. The lowest BCUT2D eigenvalue weighted by Crippen LogP contribution is -2.52. The molecule has 1 aliphatic rings. The Hall–Kier alpha value is -1.78. The molecule has 114 valence electrons. The first-order valence-corrected chi connectivity index (χ1v) is 8.26. The van der Waals surface area contributed by atoms with Gasteiger partial charge < -0.3 is 4.74 Å². The standard InChI is InChI=1S/C18H20NO2S/c1-4-19(15-10-6-7-11-16(15)21-3)18(20)13(2)14-9-5-8-12-17(14)22-19/h5-13H,4H2,1-3H3/q+1. The Morgan fingerprint density at radius 3 is 2.55 bits per heavy atom. The molecule has 3 nitrogen and oxygen atoms in total. The Balaban J connectivity index is 2.20. The molecule has 0 aliphatic carbocycles. The highest BCUT2D eigenvalue weighted by Crippen LogP contribution is 2.50. The van der Waals surface area contributed by atoms with Crippen molar-refractivity contribution in [2.45, 2.75) is 24.7 Å². The van der Waals surface area contributed by atoms with Crippen molar-refractivity contribution in [3.05, 3.63) is 54.1 Å². The summed E-state index contributed by atoms with van der Waals surface area (Å²) in [5.74, 6) is 0.842. The highest BCUT2D eigenvalue weighted by Gasteiger charge is 2.49. The normalized spacial score (nSPS) is 24.0. The first-order chi connectivity index (χ1) is 10.6. The first-order valence-electron chi connectivity index (χ1n) is 7.48. The summed E-state index contributed by atoms with van der Waals surface area (Å²) >= 11 is 1.61. The number of para-hydroxylation sites is 2. The maximum atomic E-state index is 13.2. The molecule has 2 unspecified atom stereocenters. The number of quaternary nitrogens is 1. The second-order valence-corrected chi connectivity index (χ2v) is 6.66. The van der Waals surface area contributed by atoms with Crippen LogP contribution in [0.3, 0.4) is 0 Å². The van der Waals surface area contributed by atoms with Gasteiger partial charge in [0.1, 0.15) is 11.9 Å². The Morgan fingerprint density at radius 2 is 1.82 bits per heavy atom. The maximum Gasteiger partial charge on any atom is 0.337 e. The van der Waals surface area contributed by atoms with Gasteiger partial charge >= 0.3 is 5.91 Å². The third-order valence-corrected chi connectivity index (χ3v) is 5.80. The number of ether oxygens (including phenoxy) is 1. The van der Waals surface area contributed by atoms with Gasteiger partial charge in [0, 0.05) is 6.07 Å². The van der Waals surface area contributed by atoms with Gasteiger partial charge in [0.05, 0.1) is 24.5 Å². The van der Waals surface area contributed by atoms with Crippen LogP contribution >= 0.6 is 11.9 Å². The van der Waals surface area contributed by atoms with Crippen molar-refractivity contribution in [2.75, 3.05) is 13.7 Å². The minimum absolute atomic E-state index is 0.123. The smallest absolute Gasteiger partial charge is 0.337 e. The molecular formula is C18H20NO2S+. The number of amides is 1. The van der Waals surface area contributed by atoms with Crippen LogP contribution in [0.4, 0.5) is 5.69 Å². The quantitative estimate of drug-likeness (QED) is 0.621. The Labute approximate surface area is 135 Å². The van der Waals surface area contributed by atoms with E-state index >= 15 is 0 Å². The van der Waals surface area contributed by atoms with Gasteiger partial charge in [-0.2, -0.15) is 3.89 Å². The zero-order valence-corrected chi connectivity index (χ0v) is 13.9. The third-order valence-electron chi connectivity index (χ3n) is 4.29. The van der Waals surface area contributed by atoms with E-state index in [1.54, 1.807) is 19.1 Å². The second-order valence-electron chi connectivity index (χ2n) is 5.42. The molecular weight excluding hydrogens is 294 g/mol. The fourth-order valence-electron chi connectivity index (χ4n) is 3.07. The van der Waals surface area contributed by atoms with Crippen molar-refractivity contribution in [1.82, 2.24) is 3.89 Å². The summed E-state index contributed by atoms with van der Waals surface area (Å²) in [5.41, 5.74) is 2.04. The zero-order chi connectivity index (χ0) is 15.7. The van der Waals surface area contributed by atoms with Gasteiger partial charge in [0.2, 0.25) is 0 Å². The Morgan fingerprint density at radius 1 is 1.14 bits per heavy atom. The number of benzene rings is 2. The van der Waals surface area contributed by atoms with Crippen molar-refractivity contribution >= 4 is 23.5 Å². The minimum atomic E-state index is -0.123. The predicted molar refractivity (Wildman–Crippen MR) is 91.1 cm³/mol. The molecule has 0 fully saturated rings. The van der Waals surface area contributed by atoms with E-state index in [1.807, 2.05) is 43.3 Å². The number of nitrogens with zero attached hydrogens (tertiary/aromatic N) is 1. The summed E-state index contributed by atoms with van der Waals surface area (Å²) in [6, 6.07) is 16.0. The maximum absolute atomic E-state index is 13.2. The molecule has 0 radical (unpaired) electrons. The van der Waals surface area contributed by atoms with Crippen LogP contribution in [0, 0.1) is 0 Å². The van der Waals surface area contributed by atoms with Gasteiger partial charge in [0.25, 0.3) is 0 Å². The molecule has 1 amide bonds. The molecule has 2 aromatic rings. The molecule has 1 aliphatic heterocycles. The van der Waals surface area contributed by atoms with E-state index in [9.17, 15) is 4.79 Å². The van der Waals surface area contributed by atoms with Crippen molar-refractivity contribution < 1.29 is 9.53 Å². The summed E-state index contributed by atoms with van der Waals surface area (Å²) in [5, 5.41) is 0. The molecule has 0 aromatic heterocycles. The monoisotopic (exact) mass is 314 g/mol. The van der Waals surface area contributed by atoms with Gasteiger partial charge in [-0.3, -0.25) is 0 Å². The predicted octanol–water partition coefficient (Wildman–Crippen LogP) is 4.37. The number of rotatable bonds is 3. The molecule has 1 heterocycles. The number of likely N-dealkylation sites (N-methyl/N-ethyl adjacent to an activating group) is 1. The Bertz CT molecular complexity index is 716. The molecule has 0 N–H and O–H groups in total. The lowest BCUT2D eigenvalue weighted by atomic mass is 9.98. The van der Waals surface area contributed by atoms with Gasteiger partial charge in [-0.05, 0) is 31.5 Å². The van der Waals surface area contributed by atoms with Crippen LogP contribution < -0.4 is 8.63 Å². The number of fused-ring (bicyclic) bond motifs is 1. The molecule has 3 rings (SSSR count). The minimum Gasteiger partial charge on any atom is -0.491 e. The van der Waals surface area contributed by atoms with E-state index in [0.29, 0.717) is 6.54 Å². The summed E-state index contributed by atoms with van der Waals surface area (Å²) in [6.45, 7) is 4.74. The van der Waals surface area contributed by atoms with E-state index in [4.69, 9.17) is 4.74 Å². The molecule has 0 bridgehead atoms. The van der Waals surface area contributed by atoms with Gasteiger partial charge in [-0.25, -0.2) is 4.79 Å². The second kappa shape index (κ2) is 5.78. The fourth-order valence-corrected chi connectivity index (χ4v) is 4.52. The van der Waals surface area contributed by atoms with Crippen molar-refractivity contribution in [3.63, 3.8) is 0 Å². The lowest BCUT2D eigenvalue weighted by molar-refractivity contribution is -0.127. The van der Waals surface area contributed by atoms with Crippen LogP contribution in [0.25, 0.3) is 0 Å². The molecule has 0 spiro atoms. The topological polar surface area (TPSA) is 26.3 Å². The molecule has 0 saturated heterocycles. The molecule has 22 heavy (non-hydrogen) atoms. The van der Waals surface area contributed by atoms with Gasteiger partial charge in [0.15, 0.2) is 11.4 Å². The van der Waals surface area contributed by atoms with Gasteiger partial charge in [-0.1, -0.05) is 30.3 Å². The summed E-state index contributed by atoms with van der Waals surface area (Å²) in [6.07, 6.45) is 0. The van der Waals surface area contributed by atoms with Gasteiger partial charge in [-0.15, -0.1) is 0 Å². The fraction of sp³-hybridized carbons (Fsp3) is 0.278. The van der Waals surface area contributed by atoms with E-state index in [-0.39, 0.29) is 15.7 Å². The summed E-state index contributed by atoms with van der Waals surface area (Å²) < 4.78 is 5.75. The van der Waals surface area contributed by atoms with Crippen LogP contribution in [0.2, 0.25) is 0 Å². The third kappa shape index (κ3) is 2.14. The van der Waals surface area contributed by atoms with Crippen molar-refractivity contribution in [2.24, 2.45) is 0 Å².